The Kier molecular flexibility index (Phi) is 14.8. The van der Waals surface area contributed by atoms with Crippen molar-refractivity contribution in [1.29, 1.82) is 0 Å². The number of hydrazine groups is 1. The van der Waals surface area contributed by atoms with Crippen LogP contribution < -0.4 is 10.7 Å². The molecule has 0 radical (unpaired) electrons. The van der Waals surface area contributed by atoms with E-state index in [0.29, 0.717) is 51.0 Å². The van der Waals surface area contributed by atoms with Gasteiger partial charge >= 0.3 is 12.0 Å². The highest BCUT2D eigenvalue weighted by Crippen LogP contribution is 2.41. The normalized spacial score (nSPS) is 19.5. The molecule has 4 heterocycles. The topological polar surface area (TPSA) is 160 Å². The first-order valence-electron chi connectivity index (χ1n) is 23.6. The number of aromatic hydroxyl groups is 1. The largest absolute Gasteiger partial charge is 0.508 e. The molecule has 0 aliphatic carbocycles. The number of cyclic esters (lactones) is 1. The standard InChI is InChI=1S/C52H68N8O7/c1-10-45(62)57-21-23-58(24-22-57)51(66)56(9)46(33(3)4)48(63)53-43-27-34-25-37(28-38(61)26-34)35-18-19-44-40(29-35)41(47(59(44)11-2)39-16-13-12-15-36(39)31-55(7)8)30-52(5,6)32-67-50(65)42-17-14-20-60(54-42)49(43)64/h10,12-13,15-16,18-19,25-26,28-29,33,42-43,46,54,61H,1,11,14,17,20-24,27,30-32H2,2-9H3,(H,53,63)/t42-,43-,46?/m0/s1. The molecule has 7 rings (SSSR count). The summed E-state index contributed by atoms with van der Waals surface area (Å²) in [4.78, 5) is 76.2. The fraction of sp³-hybridized carbons (Fsp3) is 0.481. The van der Waals surface area contributed by atoms with Crippen LogP contribution in [0, 0.1) is 11.3 Å². The van der Waals surface area contributed by atoms with Crippen LogP contribution in [-0.2, 0) is 49.8 Å². The molecule has 5 amide bonds. The number of hydrogen-bond donors (Lipinski definition) is 3. The second-order valence-electron chi connectivity index (χ2n) is 19.7. The monoisotopic (exact) mass is 917 g/mol. The average Bonchev–Trinajstić information content (AvgIpc) is 3.60. The number of fused-ring (bicyclic) bond motifs is 6. The van der Waals surface area contributed by atoms with E-state index in [0.717, 1.165) is 51.9 Å². The Morgan fingerprint density at radius 2 is 1.69 bits per heavy atom. The number of piperazine rings is 1. The molecular weight excluding hydrogens is 849 g/mol. The van der Waals surface area contributed by atoms with Crippen molar-refractivity contribution in [3.05, 3.63) is 90.0 Å². The fourth-order valence-electron chi connectivity index (χ4n) is 10.0. The van der Waals surface area contributed by atoms with Gasteiger partial charge in [0.1, 0.15) is 23.9 Å². The SMILES string of the molecule is C=CC(=O)N1CCN(C(=O)N(C)C(C(=O)N[C@H]2Cc3cc(O)cc(c3)-c3ccc4c(c3)c(c(-c3ccccc3CN(C)C)n4CC)CC(C)(C)COC(=O)[C@@H]3CCCN(N3)C2=O)C(C)C)CC1. The van der Waals surface area contributed by atoms with Crippen LogP contribution in [0.1, 0.15) is 64.2 Å². The number of rotatable bonds is 9. The van der Waals surface area contributed by atoms with E-state index in [2.05, 4.69) is 104 Å². The summed E-state index contributed by atoms with van der Waals surface area (Å²) in [5, 5.41) is 16.8. The zero-order valence-electron chi connectivity index (χ0n) is 40.4. The van der Waals surface area contributed by atoms with E-state index in [1.165, 1.54) is 21.5 Å². The van der Waals surface area contributed by atoms with Crippen LogP contribution >= 0.6 is 0 Å². The Bertz CT molecular complexity index is 2520. The van der Waals surface area contributed by atoms with E-state index in [9.17, 15) is 29.1 Å². The maximum atomic E-state index is 14.7. The van der Waals surface area contributed by atoms with Crippen LogP contribution in [0.4, 0.5) is 4.79 Å². The number of aryl methyl sites for hydroxylation is 1. The van der Waals surface area contributed by atoms with Crippen molar-refractivity contribution < 1.29 is 33.8 Å². The summed E-state index contributed by atoms with van der Waals surface area (Å²) in [7, 11) is 5.71. The van der Waals surface area contributed by atoms with Gasteiger partial charge in [-0.05, 0) is 104 Å². The maximum Gasteiger partial charge on any atom is 0.324 e. The van der Waals surface area contributed by atoms with Crippen molar-refractivity contribution in [2.75, 3.05) is 60.5 Å². The van der Waals surface area contributed by atoms with Gasteiger partial charge in [-0.25, -0.2) is 10.2 Å². The van der Waals surface area contributed by atoms with Gasteiger partial charge in [-0.1, -0.05) is 70.7 Å². The molecular formula is C52H68N8O7. The quantitative estimate of drug-likeness (QED) is 0.139. The number of hydrogen-bond acceptors (Lipinski definition) is 9. The third kappa shape index (κ3) is 10.7. The molecule has 3 aliphatic heterocycles. The maximum absolute atomic E-state index is 14.7. The highest BCUT2D eigenvalue weighted by molar-refractivity contribution is 5.96. The molecule has 1 unspecified atom stereocenters. The van der Waals surface area contributed by atoms with Crippen molar-refractivity contribution in [1.82, 2.24) is 39.9 Å². The van der Waals surface area contributed by atoms with Crippen LogP contribution in [0.5, 0.6) is 5.75 Å². The second-order valence-corrected chi connectivity index (χ2v) is 19.7. The smallest absolute Gasteiger partial charge is 0.324 e. The molecule has 2 fully saturated rings. The average molecular weight is 917 g/mol. The van der Waals surface area contributed by atoms with Crippen LogP contribution in [0.3, 0.4) is 0 Å². The Morgan fingerprint density at radius 3 is 2.37 bits per heavy atom. The lowest BCUT2D eigenvalue weighted by Gasteiger charge is -2.39. The molecule has 0 saturated carbocycles. The van der Waals surface area contributed by atoms with E-state index in [-0.39, 0.29) is 43.2 Å². The molecule has 0 spiro atoms. The first-order chi connectivity index (χ1) is 31.9. The first-order valence-corrected chi connectivity index (χ1v) is 23.6. The number of phenols is 1. The van der Waals surface area contributed by atoms with E-state index in [1.54, 1.807) is 29.0 Å². The van der Waals surface area contributed by atoms with Crippen LogP contribution in [0.15, 0.2) is 73.3 Å². The highest BCUT2D eigenvalue weighted by atomic mass is 16.5. The molecule has 358 valence electrons. The molecule has 1 aromatic heterocycles. The summed E-state index contributed by atoms with van der Waals surface area (Å²) < 4.78 is 8.50. The van der Waals surface area contributed by atoms with Crippen molar-refractivity contribution >= 4 is 40.6 Å². The molecule has 3 N–H and O–H groups in total. The lowest BCUT2D eigenvalue weighted by Crippen LogP contribution is -2.63. The second kappa shape index (κ2) is 20.4. The van der Waals surface area contributed by atoms with Gasteiger partial charge in [-0.15, -0.1) is 0 Å². The number of amides is 5. The minimum absolute atomic E-state index is 0.00172. The van der Waals surface area contributed by atoms with E-state index < -0.39 is 41.3 Å². The molecule has 3 aliphatic rings. The molecule has 15 heteroatoms. The number of esters is 1. The van der Waals surface area contributed by atoms with Gasteiger partial charge in [0.25, 0.3) is 5.91 Å². The predicted octanol–water partition coefficient (Wildman–Crippen LogP) is 5.82. The first kappa shape index (κ1) is 48.7. The third-order valence-corrected chi connectivity index (χ3v) is 13.3. The van der Waals surface area contributed by atoms with Gasteiger partial charge in [0.15, 0.2) is 0 Å². The van der Waals surface area contributed by atoms with Crippen molar-refractivity contribution in [2.45, 2.75) is 91.5 Å². The van der Waals surface area contributed by atoms with Crippen LogP contribution in [0.2, 0.25) is 0 Å². The van der Waals surface area contributed by atoms with Crippen LogP contribution in [0.25, 0.3) is 33.3 Å². The molecule has 3 aromatic carbocycles. The Morgan fingerprint density at radius 1 is 0.970 bits per heavy atom. The summed E-state index contributed by atoms with van der Waals surface area (Å²) in [6.07, 6.45) is 2.82. The van der Waals surface area contributed by atoms with Crippen molar-refractivity contribution in [3.8, 4) is 28.1 Å². The van der Waals surface area contributed by atoms with Crippen molar-refractivity contribution in [2.24, 2.45) is 11.3 Å². The fourth-order valence-corrected chi connectivity index (χ4v) is 10.0. The molecule has 2 saturated heterocycles. The summed E-state index contributed by atoms with van der Waals surface area (Å²) in [6, 6.07) is 16.8. The number of nitrogens with one attached hydrogen (secondary N) is 2. The molecule has 6 bridgehead atoms. The van der Waals surface area contributed by atoms with Crippen molar-refractivity contribution in [3.63, 3.8) is 0 Å². The number of nitrogens with zero attached hydrogens (tertiary/aromatic N) is 6. The summed E-state index contributed by atoms with van der Waals surface area (Å²) >= 11 is 0. The summed E-state index contributed by atoms with van der Waals surface area (Å²) in [5.41, 5.74) is 10.5. The van der Waals surface area contributed by atoms with E-state index in [4.69, 9.17) is 4.74 Å². The van der Waals surface area contributed by atoms with Gasteiger partial charge in [-0.2, -0.15) is 0 Å². The Labute approximate surface area is 394 Å². The van der Waals surface area contributed by atoms with Gasteiger partial charge in [0, 0.05) is 81.2 Å². The predicted molar refractivity (Wildman–Crippen MR) is 260 cm³/mol. The number of carbonyl (C=O) groups is 5. The zero-order valence-corrected chi connectivity index (χ0v) is 40.4. The number of ether oxygens (including phenoxy) is 1. The van der Waals surface area contributed by atoms with Crippen LogP contribution in [-0.4, -0.2) is 143 Å². The number of likely N-dealkylation sites (N-methyl/N-ethyl adjacent to an activating group) is 1. The lowest BCUT2D eigenvalue weighted by atomic mass is 9.84. The minimum atomic E-state index is -1.15. The molecule has 15 nitrogen and oxygen atoms in total. The molecule has 3 atom stereocenters. The number of phenolic OH excluding ortho intramolecular Hbond substituents is 1. The minimum Gasteiger partial charge on any atom is -0.508 e. The number of benzene rings is 3. The molecule has 4 aromatic rings. The van der Waals surface area contributed by atoms with E-state index >= 15 is 0 Å². The Balaban J connectivity index is 1.29. The van der Waals surface area contributed by atoms with Gasteiger partial charge < -0.3 is 39.3 Å². The molecule has 67 heavy (non-hydrogen) atoms. The van der Waals surface area contributed by atoms with Gasteiger partial charge in [0.2, 0.25) is 11.8 Å². The highest BCUT2D eigenvalue weighted by Gasteiger charge is 2.39. The van der Waals surface area contributed by atoms with E-state index in [1.807, 2.05) is 19.9 Å². The number of carbonyl (C=O) groups excluding carboxylic acids is 5. The van der Waals surface area contributed by atoms with Gasteiger partial charge in [-0.3, -0.25) is 24.2 Å². The third-order valence-electron chi connectivity index (χ3n) is 13.3. The van der Waals surface area contributed by atoms with Gasteiger partial charge in [0.05, 0.1) is 12.3 Å². The summed E-state index contributed by atoms with van der Waals surface area (Å²) in [6.45, 7) is 16.8. The zero-order chi connectivity index (χ0) is 48.3. The lowest BCUT2D eigenvalue weighted by molar-refractivity contribution is -0.155. The number of aromatic nitrogens is 1. The Hall–Kier alpha value is -6.19. The summed E-state index contributed by atoms with van der Waals surface area (Å²) in [5.74, 6) is -2.00. The number of urea groups is 1.